The molecule has 1 aliphatic heterocycles. The van der Waals surface area contributed by atoms with Gasteiger partial charge in [-0.25, -0.2) is 4.68 Å². The molecular formula is C39H45N5O7. The van der Waals surface area contributed by atoms with Crippen LogP contribution in [-0.2, 0) is 41.8 Å². The molecule has 3 heterocycles. The third-order valence-corrected chi connectivity index (χ3v) is 13.4. The Morgan fingerprint density at radius 2 is 1.88 bits per heavy atom. The predicted octanol–water partition coefficient (Wildman–Crippen LogP) is 5.86. The smallest absolute Gasteiger partial charge is 0.302 e. The average molecular weight is 696 g/mol. The predicted molar refractivity (Wildman–Crippen MR) is 185 cm³/mol. The number of fused-ring (bicyclic) bond motifs is 3. The Hall–Kier alpha value is -4.58. The van der Waals surface area contributed by atoms with E-state index in [1.807, 2.05) is 50.2 Å². The summed E-state index contributed by atoms with van der Waals surface area (Å²) >= 11 is 0. The van der Waals surface area contributed by atoms with Gasteiger partial charge in [0.15, 0.2) is 12.4 Å². The lowest BCUT2D eigenvalue weighted by Crippen LogP contribution is -2.70. The summed E-state index contributed by atoms with van der Waals surface area (Å²) in [6.07, 6.45) is 10.4. The quantitative estimate of drug-likeness (QED) is 0.174. The van der Waals surface area contributed by atoms with Gasteiger partial charge < -0.3 is 24.0 Å². The van der Waals surface area contributed by atoms with Crippen molar-refractivity contribution in [3.8, 4) is 0 Å². The van der Waals surface area contributed by atoms with Crippen molar-refractivity contribution in [1.29, 1.82) is 0 Å². The number of rotatable bonds is 8. The van der Waals surface area contributed by atoms with E-state index < -0.39 is 27.9 Å². The van der Waals surface area contributed by atoms with Gasteiger partial charge in [-0.15, -0.1) is 5.10 Å². The molecule has 1 saturated heterocycles. The van der Waals surface area contributed by atoms with Gasteiger partial charge in [0, 0.05) is 34.8 Å². The summed E-state index contributed by atoms with van der Waals surface area (Å²) in [6, 6.07) is 11.2. The third kappa shape index (κ3) is 4.74. The highest BCUT2D eigenvalue weighted by Gasteiger charge is 2.89. The van der Waals surface area contributed by atoms with Gasteiger partial charge in [0.1, 0.15) is 30.0 Å². The number of ketones is 1. The van der Waals surface area contributed by atoms with Gasteiger partial charge in [-0.3, -0.25) is 14.4 Å². The van der Waals surface area contributed by atoms with Crippen LogP contribution in [0.1, 0.15) is 78.0 Å². The molecule has 12 heteroatoms. The van der Waals surface area contributed by atoms with Crippen LogP contribution < -0.4 is 5.32 Å². The van der Waals surface area contributed by atoms with Gasteiger partial charge in [-0.05, 0) is 66.4 Å². The molecule has 1 aromatic carbocycles. The number of allylic oxidation sites excluding steroid dienone is 2. The highest BCUT2D eigenvalue weighted by atomic mass is 16.6. The summed E-state index contributed by atoms with van der Waals surface area (Å²) in [5.41, 5.74) is 0.301. The number of carbonyl (C=O) groups is 3. The first-order chi connectivity index (χ1) is 24.3. The van der Waals surface area contributed by atoms with Crippen molar-refractivity contribution < 1.29 is 33.1 Å². The molecule has 5 aliphatic rings. The Morgan fingerprint density at radius 1 is 1.10 bits per heavy atom. The molecule has 3 saturated carbocycles. The first-order valence-electron chi connectivity index (χ1n) is 17.8. The minimum absolute atomic E-state index is 0.000672. The number of nitrogens with zero attached hydrogens (tertiary/aromatic N) is 4. The number of ether oxygens (including phenoxy) is 2. The van der Waals surface area contributed by atoms with E-state index in [1.165, 1.54) is 11.6 Å². The molecule has 8 rings (SSSR count). The topological polar surface area (TPSA) is 150 Å². The van der Waals surface area contributed by atoms with E-state index in [0.29, 0.717) is 17.8 Å². The van der Waals surface area contributed by atoms with E-state index in [2.05, 4.69) is 42.5 Å². The molecule has 268 valence electrons. The maximum Gasteiger partial charge on any atom is 0.302 e. The van der Waals surface area contributed by atoms with Crippen LogP contribution in [-0.4, -0.2) is 56.2 Å². The van der Waals surface area contributed by atoms with E-state index >= 15 is 0 Å². The zero-order valence-corrected chi connectivity index (χ0v) is 29.9. The van der Waals surface area contributed by atoms with Crippen molar-refractivity contribution in [2.45, 2.75) is 97.7 Å². The third-order valence-electron chi connectivity index (χ3n) is 13.4. The van der Waals surface area contributed by atoms with Crippen molar-refractivity contribution >= 4 is 29.1 Å². The molecule has 1 N–H and O–H groups in total. The number of epoxide rings is 1. The summed E-state index contributed by atoms with van der Waals surface area (Å²) in [7, 11) is 0. The van der Waals surface area contributed by atoms with Crippen molar-refractivity contribution in [3.05, 3.63) is 78.5 Å². The number of hydrogen-bond donors (Lipinski definition) is 1. The molecular weight excluding hydrogens is 650 g/mol. The van der Waals surface area contributed by atoms with Gasteiger partial charge in [0.25, 0.3) is 0 Å². The largest absolute Gasteiger partial charge is 0.472 e. The van der Waals surface area contributed by atoms with Gasteiger partial charge >= 0.3 is 5.97 Å². The number of carbonyl (C=O) groups excluding carboxylic acids is 3. The fourth-order valence-corrected chi connectivity index (χ4v) is 11.2. The molecule has 1 amide bonds. The number of aromatic nitrogens is 3. The Balaban J connectivity index is 1.10. The summed E-state index contributed by atoms with van der Waals surface area (Å²) in [6.45, 7) is 12.4. The summed E-state index contributed by atoms with van der Waals surface area (Å²) in [5.74, 6) is -0.573. The minimum Gasteiger partial charge on any atom is -0.472 e. The minimum atomic E-state index is -0.712. The number of anilines is 1. The number of hydrogen-bond acceptors (Lipinski definition) is 10. The van der Waals surface area contributed by atoms with E-state index in [0.717, 1.165) is 24.1 Å². The SMILES string of the molecule is CC(=O)O[C@@H]1C[C@H]2C(C)(C)C(=O)C=C[C@]2(C)[C@H]2CC[C@@]3(C)[C@H](c4ccoc4)/C(=N\OCc4cn(CC(=O)Nc5ccccc5)nn4)[C@H]4O[C@]43[C@@]21C. The number of benzene rings is 1. The van der Waals surface area contributed by atoms with Crippen LogP contribution in [0.5, 0.6) is 0 Å². The summed E-state index contributed by atoms with van der Waals surface area (Å²) in [5, 5.41) is 15.9. The van der Waals surface area contributed by atoms with Crippen LogP contribution in [0.25, 0.3) is 0 Å². The molecule has 9 atom stereocenters. The molecule has 4 fully saturated rings. The average Bonchev–Trinajstić information content (AvgIpc) is 3.32. The Morgan fingerprint density at radius 3 is 2.61 bits per heavy atom. The van der Waals surface area contributed by atoms with Crippen LogP contribution in [0.2, 0.25) is 0 Å². The maximum absolute atomic E-state index is 13.2. The summed E-state index contributed by atoms with van der Waals surface area (Å²) < 4.78 is 20.4. The molecule has 3 aromatic rings. The van der Waals surface area contributed by atoms with E-state index in [4.69, 9.17) is 23.9 Å². The van der Waals surface area contributed by atoms with Crippen molar-refractivity contribution in [1.82, 2.24) is 15.0 Å². The highest BCUT2D eigenvalue weighted by molar-refractivity contribution is 6.02. The fourth-order valence-electron chi connectivity index (χ4n) is 11.2. The zero-order valence-electron chi connectivity index (χ0n) is 29.9. The van der Waals surface area contributed by atoms with E-state index in [9.17, 15) is 14.4 Å². The lowest BCUT2D eigenvalue weighted by molar-refractivity contribution is -0.231. The number of para-hydroxylation sites is 1. The Kier molecular flexibility index (Phi) is 7.54. The second kappa shape index (κ2) is 11.5. The van der Waals surface area contributed by atoms with E-state index in [-0.39, 0.29) is 60.1 Å². The van der Waals surface area contributed by atoms with Crippen molar-refractivity contribution in [2.24, 2.45) is 38.7 Å². The second-order valence-electron chi connectivity index (χ2n) is 16.3. The number of amides is 1. The molecule has 0 bridgehead atoms. The Labute approximate surface area is 296 Å². The van der Waals surface area contributed by atoms with Crippen molar-refractivity contribution in [3.63, 3.8) is 0 Å². The fraction of sp³-hybridized carbons (Fsp3) is 0.538. The van der Waals surface area contributed by atoms with Gasteiger partial charge in [0.2, 0.25) is 5.91 Å². The first-order valence-corrected chi connectivity index (χ1v) is 17.8. The number of esters is 1. The normalized spacial score (nSPS) is 37.9. The number of nitrogens with one attached hydrogen (secondary N) is 1. The number of oxime groups is 1. The van der Waals surface area contributed by atoms with Crippen LogP contribution in [0, 0.1) is 33.5 Å². The van der Waals surface area contributed by atoms with Crippen molar-refractivity contribution in [2.75, 3.05) is 5.32 Å². The van der Waals surface area contributed by atoms with Gasteiger partial charge in [-0.1, -0.05) is 69.3 Å². The molecule has 2 aromatic heterocycles. The molecule has 51 heavy (non-hydrogen) atoms. The van der Waals surface area contributed by atoms with Crippen LogP contribution in [0.3, 0.4) is 0 Å². The molecule has 12 nitrogen and oxygen atoms in total. The van der Waals surface area contributed by atoms with Gasteiger partial charge in [0.05, 0.1) is 24.4 Å². The lowest BCUT2D eigenvalue weighted by atomic mass is 9.36. The number of furan rings is 1. The van der Waals surface area contributed by atoms with Crippen LogP contribution in [0.15, 0.2) is 76.8 Å². The standard InChI is InChI=1S/C39H45N5O7/c1-23(45)50-30-18-28-35(2,3)29(46)13-15-36(28,4)27-12-16-37(5)32(24-14-17-48-21-24)33(34-39(37,51-34)38(27,30)6)42-49-22-26-19-44(43-41-26)20-31(47)40-25-10-8-7-9-11-25/h7-11,13-15,17,19,21,27-28,30,32,34H,12,16,18,20,22H2,1-6H3,(H,40,47)/b42-33+/t27-,28+,30-,32-,34-,36-,37+,38+,39-/m1/s1. The lowest BCUT2D eigenvalue weighted by Gasteiger charge is -2.67. The Bertz CT molecular complexity index is 1940. The van der Waals surface area contributed by atoms with E-state index in [1.54, 1.807) is 24.8 Å². The first kappa shape index (κ1) is 33.6. The molecule has 1 spiro atoms. The summed E-state index contributed by atoms with van der Waals surface area (Å²) in [4.78, 5) is 44.6. The van der Waals surface area contributed by atoms with Gasteiger partial charge in [-0.2, -0.15) is 0 Å². The second-order valence-corrected chi connectivity index (χ2v) is 16.3. The van der Waals surface area contributed by atoms with Crippen LogP contribution >= 0.6 is 0 Å². The molecule has 0 unspecified atom stereocenters. The molecule has 4 aliphatic carbocycles. The monoisotopic (exact) mass is 695 g/mol. The zero-order chi connectivity index (χ0) is 36.0. The molecule has 0 radical (unpaired) electrons. The van der Waals surface area contributed by atoms with Crippen LogP contribution in [0.4, 0.5) is 5.69 Å². The highest BCUT2D eigenvalue weighted by Crippen LogP contribution is 2.81. The maximum atomic E-state index is 13.2.